The van der Waals surface area contributed by atoms with Crippen molar-refractivity contribution in [2.24, 2.45) is 0 Å². The maximum Gasteiger partial charge on any atom is 0.387 e. The van der Waals surface area contributed by atoms with Crippen LogP contribution in [-0.4, -0.2) is 51.9 Å². The average molecular weight is 302 g/mol. The Balaban J connectivity index is 2.39. The van der Waals surface area contributed by atoms with E-state index in [-0.39, 0.29) is 11.8 Å². The number of benzene rings is 1. The summed E-state index contributed by atoms with van der Waals surface area (Å²) in [6.07, 6.45) is 0. The lowest BCUT2D eigenvalue weighted by molar-refractivity contribution is -0.0499. The van der Waals surface area contributed by atoms with Crippen LogP contribution in [0.5, 0.6) is 5.75 Å². The number of halogens is 2. The van der Waals surface area contributed by atoms with Gasteiger partial charge in [-0.25, -0.2) is 0 Å². The van der Waals surface area contributed by atoms with Crippen LogP contribution in [0.25, 0.3) is 0 Å². The van der Waals surface area contributed by atoms with Gasteiger partial charge in [-0.3, -0.25) is 0 Å². The van der Waals surface area contributed by atoms with Crippen molar-refractivity contribution in [2.75, 3.05) is 40.4 Å². The van der Waals surface area contributed by atoms with E-state index < -0.39 is 6.61 Å². The maximum absolute atomic E-state index is 12.2. The van der Waals surface area contributed by atoms with Gasteiger partial charge >= 0.3 is 6.61 Å². The fourth-order valence-corrected chi connectivity index (χ4v) is 1.91. The molecule has 4 nitrogen and oxygen atoms in total. The van der Waals surface area contributed by atoms with Gasteiger partial charge in [-0.15, -0.1) is 0 Å². The predicted octanol–water partition coefficient (Wildman–Crippen LogP) is 2.52. The summed E-state index contributed by atoms with van der Waals surface area (Å²) in [5.74, 6) is 0.188. The van der Waals surface area contributed by atoms with Crippen LogP contribution < -0.4 is 10.1 Å². The zero-order valence-electron chi connectivity index (χ0n) is 12.8. The fourth-order valence-electron chi connectivity index (χ4n) is 1.91. The van der Waals surface area contributed by atoms with Gasteiger partial charge in [-0.2, -0.15) is 8.78 Å². The minimum absolute atomic E-state index is 0.0713. The second-order valence-corrected chi connectivity index (χ2v) is 4.92. The molecule has 0 aliphatic rings. The molecule has 0 aromatic heterocycles. The molecule has 0 aliphatic heterocycles. The zero-order valence-corrected chi connectivity index (χ0v) is 12.8. The average Bonchev–Trinajstić information content (AvgIpc) is 2.44. The van der Waals surface area contributed by atoms with Crippen molar-refractivity contribution in [3.8, 4) is 5.75 Å². The SMILES string of the molecule is COCCN(C)CCNC(C)c1cccc(OC(F)F)c1. The number of alkyl halides is 2. The number of hydrogen-bond acceptors (Lipinski definition) is 4. The quantitative estimate of drug-likeness (QED) is 0.720. The highest BCUT2D eigenvalue weighted by Crippen LogP contribution is 2.20. The molecule has 0 radical (unpaired) electrons. The molecule has 0 bridgehead atoms. The molecule has 1 unspecified atom stereocenters. The van der Waals surface area contributed by atoms with E-state index in [0.717, 1.165) is 25.2 Å². The van der Waals surface area contributed by atoms with Crippen molar-refractivity contribution in [1.29, 1.82) is 0 Å². The Bertz CT molecular complexity index is 405. The summed E-state index contributed by atoms with van der Waals surface area (Å²) in [6.45, 7) is 2.49. The van der Waals surface area contributed by atoms with Crippen LogP contribution in [0.2, 0.25) is 0 Å². The second-order valence-electron chi connectivity index (χ2n) is 4.92. The molecule has 1 aromatic rings. The molecule has 21 heavy (non-hydrogen) atoms. The lowest BCUT2D eigenvalue weighted by Crippen LogP contribution is -2.32. The second kappa shape index (κ2) is 9.65. The van der Waals surface area contributed by atoms with Crippen LogP contribution in [0.1, 0.15) is 18.5 Å². The third kappa shape index (κ3) is 7.36. The van der Waals surface area contributed by atoms with Gasteiger partial charge < -0.3 is 19.7 Å². The summed E-state index contributed by atoms with van der Waals surface area (Å²) in [5.41, 5.74) is 0.924. The van der Waals surface area contributed by atoms with Crippen molar-refractivity contribution in [3.05, 3.63) is 29.8 Å². The number of nitrogens with zero attached hydrogens (tertiary/aromatic N) is 1. The number of methoxy groups -OCH3 is 1. The lowest BCUT2D eigenvalue weighted by Gasteiger charge is -2.19. The smallest absolute Gasteiger partial charge is 0.387 e. The molecule has 120 valence electrons. The van der Waals surface area contributed by atoms with Gasteiger partial charge in [-0.05, 0) is 31.7 Å². The Hall–Kier alpha value is -1.24. The molecule has 1 N–H and O–H groups in total. The molecular formula is C15H24F2N2O2. The summed E-state index contributed by atoms with van der Waals surface area (Å²) in [6, 6.07) is 6.85. The van der Waals surface area contributed by atoms with Crippen molar-refractivity contribution < 1.29 is 18.3 Å². The lowest BCUT2D eigenvalue weighted by atomic mass is 10.1. The summed E-state index contributed by atoms with van der Waals surface area (Å²) in [4.78, 5) is 2.17. The molecule has 0 saturated heterocycles. The Morgan fingerprint density at radius 3 is 2.71 bits per heavy atom. The van der Waals surface area contributed by atoms with Crippen LogP contribution in [0.15, 0.2) is 24.3 Å². The number of rotatable bonds is 10. The van der Waals surface area contributed by atoms with Crippen molar-refractivity contribution in [3.63, 3.8) is 0 Å². The van der Waals surface area contributed by atoms with Crippen molar-refractivity contribution >= 4 is 0 Å². The van der Waals surface area contributed by atoms with Crippen LogP contribution >= 0.6 is 0 Å². The topological polar surface area (TPSA) is 33.7 Å². The highest BCUT2D eigenvalue weighted by atomic mass is 19.3. The Morgan fingerprint density at radius 1 is 1.29 bits per heavy atom. The van der Waals surface area contributed by atoms with Crippen LogP contribution in [-0.2, 0) is 4.74 Å². The summed E-state index contributed by atoms with van der Waals surface area (Å²) in [7, 11) is 3.71. The van der Waals surface area contributed by atoms with E-state index in [9.17, 15) is 8.78 Å². The van der Waals surface area contributed by atoms with E-state index in [1.807, 2.05) is 20.0 Å². The minimum atomic E-state index is -2.79. The van der Waals surface area contributed by atoms with Gasteiger partial charge in [0.25, 0.3) is 0 Å². The first-order valence-corrected chi connectivity index (χ1v) is 6.98. The van der Waals surface area contributed by atoms with E-state index in [0.29, 0.717) is 6.61 Å². The molecule has 1 aromatic carbocycles. The Kier molecular flexibility index (Phi) is 8.19. The monoisotopic (exact) mass is 302 g/mol. The van der Waals surface area contributed by atoms with Crippen LogP contribution in [0, 0.1) is 0 Å². The molecule has 0 saturated carbocycles. The van der Waals surface area contributed by atoms with Crippen LogP contribution in [0.4, 0.5) is 8.78 Å². The molecule has 1 atom stereocenters. The van der Waals surface area contributed by atoms with Gasteiger partial charge in [0.05, 0.1) is 6.61 Å². The van der Waals surface area contributed by atoms with Gasteiger partial charge in [0.1, 0.15) is 5.75 Å². The van der Waals surface area contributed by atoms with Crippen molar-refractivity contribution in [1.82, 2.24) is 10.2 Å². The van der Waals surface area contributed by atoms with Gasteiger partial charge in [-0.1, -0.05) is 12.1 Å². The molecule has 0 fully saturated rings. The summed E-state index contributed by atoms with van der Waals surface area (Å²) in [5, 5.41) is 3.36. The Labute approximate surface area is 125 Å². The van der Waals surface area contributed by atoms with E-state index >= 15 is 0 Å². The molecule has 0 spiro atoms. The van der Waals surface area contributed by atoms with E-state index in [2.05, 4.69) is 15.0 Å². The summed E-state index contributed by atoms with van der Waals surface area (Å²) < 4.78 is 33.8. The number of nitrogens with one attached hydrogen (secondary N) is 1. The predicted molar refractivity (Wildman–Crippen MR) is 78.9 cm³/mol. The number of ether oxygens (including phenoxy) is 2. The molecule has 0 heterocycles. The zero-order chi connectivity index (χ0) is 15.7. The van der Waals surface area contributed by atoms with Gasteiger partial charge in [0.2, 0.25) is 0 Å². The third-order valence-electron chi connectivity index (χ3n) is 3.20. The molecule has 6 heteroatoms. The Morgan fingerprint density at radius 2 is 2.05 bits per heavy atom. The molecular weight excluding hydrogens is 278 g/mol. The van der Waals surface area contributed by atoms with Gasteiger partial charge in [0.15, 0.2) is 0 Å². The molecule has 0 amide bonds. The van der Waals surface area contributed by atoms with Gasteiger partial charge in [0, 0.05) is 32.8 Å². The van der Waals surface area contributed by atoms with Crippen molar-refractivity contribution in [2.45, 2.75) is 19.6 Å². The maximum atomic E-state index is 12.2. The number of likely N-dealkylation sites (N-methyl/N-ethyl adjacent to an activating group) is 1. The minimum Gasteiger partial charge on any atom is -0.435 e. The highest BCUT2D eigenvalue weighted by Gasteiger charge is 2.09. The molecule has 0 aliphatic carbocycles. The third-order valence-corrected chi connectivity index (χ3v) is 3.20. The first-order chi connectivity index (χ1) is 10.0. The summed E-state index contributed by atoms with van der Waals surface area (Å²) >= 11 is 0. The largest absolute Gasteiger partial charge is 0.435 e. The number of hydrogen-bond donors (Lipinski definition) is 1. The van der Waals surface area contributed by atoms with E-state index in [1.165, 1.54) is 6.07 Å². The fraction of sp³-hybridized carbons (Fsp3) is 0.600. The highest BCUT2D eigenvalue weighted by molar-refractivity contribution is 5.30. The first-order valence-electron chi connectivity index (χ1n) is 6.98. The normalized spacial score (nSPS) is 12.9. The molecule has 1 rings (SSSR count). The van der Waals surface area contributed by atoms with E-state index in [4.69, 9.17) is 4.74 Å². The van der Waals surface area contributed by atoms with E-state index in [1.54, 1.807) is 19.2 Å². The van der Waals surface area contributed by atoms with Crippen LogP contribution in [0.3, 0.4) is 0 Å². The standard InChI is InChI=1S/C15H24F2N2O2/c1-12(18-7-8-19(2)9-10-20-3)13-5-4-6-14(11-13)21-15(16)17/h4-6,11-12,15,18H,7-10H2,1-3H3. The first kappa shape index (κ1) is 17.8.